The number of fused-ring (bicyclic) bond motifs is 1. The van der Waals surface area contributed by atoms with E-state index in [1.165, 1.54) is 4.90 Å². The molecule has 4 rings (SSSR count). The number of nitriles is 1. The maximum Gasteiger partial charge on any atom is 0.339 e. The Bertz CT molecular complexity index is 1400. The van der Waals surface area contributed by atoms with Crippen molar-refractivity contribution in [2.24, 2.45) is 0 Å². The summed E-state index contributed by atoms with van der Waals surface area (Å²) in [6.07, 6.45) is 0.155. The molecule has 0 spiro atoms. The summed E-state index contributed by atoms with van der Waals surface area (Å²) in [6.45, 7) is 5.43. The van der Waals surface area contributed by atoms with Gasteiger partial charge in [-0.25, -0.2) is 9.78 Å². The van der Waals surface area contributed by atoms with Crippen molar-refractivity contribution < 1.29 is 18.8 Å². The first-order valence-electron chi connectivity index (χ1n) is 10.6. The number of hydrogen-bond donors (Lipinski definition) is 0. The number of aromatic nitrogens is 2. The second-order valence-corrected chi connectivity index (χ2v) is 9.16. The third-order valence-corrected chi connectivity index (χ3v) is 6.26. The summed E-state index contributed by atoms with van der Waals surface area (Å²) in [4.78, 5) is 34.2. The van der Waals surface area contributed by atoms with Crippen LogP contribution in [0.2, 0.25) is 0 Å². The van der Waals surface area contributed by atoms with Crippen LogP contribution in [0.25, 0.3) is 22.4 Å². The van der Waals surface area contributed by atoms with Gasteiger partial charge in [0.25, 0.3) is 11.6 Å². The lowest BCUT2D eigenvalue weighted by molar-refractivity contribution is -0.121. The monoisotopic (exact) mass is 474 g/mol. The minimum Gasteiger partial charge on any atom is -0.452 e. The van der Waals surface area contributed by atoms with Gasteiger partial charge in [0, 0.05) is 27.5 Å². The van der Waals surface area contributed by atoms with Gasteiger partial charge in [0.2, 0.25) is 0 Å². The molecule has 0 aliphatic rings. The SMILES string of the molecule is Cc1cc(-c2cc(C(=O)OCC(=O)N(CCC#N)c3ccccc3)c3c(C)noc3n2)c(C)s1. The molecule has 0 bridgehead atoms. The van der Waals surface area contributed by atoms with E-state index in [9.17, 15) is 9.59 Å². The number of pyridine rings is 1. The zero-order chi connectivity index (χ0) is 24.2. The van der Waals surface area contributed by atoms with Crippen LogP contribution in [0.5, 0.6) is 0 Å². The first-order valence-corrected chi connectivity index (χ1v) is 11.4. The lowest BCUT2D eigenvalue weighted by atomic mass is 10.1. The number of ether oxygens (including phenoxy) is 1. The molecule has 34 heavy (non-hydrogen) atoms. The quantitative estimate of drug-likeness (QED) is 0.347. The third-order valence-electron chi connectivity index (χ3n) is 5.30. The number of benzene rings is 1. The molecule has 3 heterocycles. The molecule has 0 radical (unpaired) electrons. The van der Waals surface area contributed by atoms with Crippen LogP contribution in [0.15, 0.2) is 47.0 Å². The zero-order valence-corrected chi connectivity index (χ0v) is 19.8. The molecule has 8 nitrogen and oxygen atoms in total. The van der Waals surface area contributed by atoms with Crippen molar-refractivity contribution in [3.05, 3.63) is 63.5 Å². The summed E-state index contributed by atoms with van der Waals surface area (Å²) in [5.41, 5.74) is 3.07. The van der Waals surface area contributed by atoms with Gasteiger partial charge in [-0.2, -0.15) is 5.26 Å². The number of carbonyl (C=O) groups excluding carboxylic acids is 2. The van der Waals surface area contributed by atoms with Crippen LogP contribution in [0, 0.1) is 32.1 Å². The normalized spacial score (nSPS) is 10.8. The van der Waals surface area contributed by atoms with Gasteiger partial charge in [-0.3, -0.25) is 4.79 Å². The van der Waals surface area contributed by atoms with E-state index in [1.807, 2.05) is 32.0 Å². The van der Waals surface area contributed by atoms with Crippen LogP contribution in [-0.2, 0) is 9.53 Å². The minimum atomic E-state index is -0.675. The highest BCUT2D eigenvalue weighted by atomic mass is 32.1. The van der Waals surface area contributed by atoms with Gasteiger partial charge >= 0.3 is 5.97 Å². The van der Waals surface area contributed by atoms with Crippen molar-refractivity contribution in [3.63, 3.8) is 0 Å². The Balaban J connectivity index is 1.61. The van der Waals surface area contributed by atoms with Gasteiger partial charge in [-0.05, 0) is 45.0 Å². The molecule has 0 saturated heterocycles. The van der Waals surface area contributed by atoms with Crippen molar-refractivity contribution in [1.82, 2.24) is 10.1 Å². The summed E-state index contributed by atoms with van der Waals surface area (Å²) in [5.74, 6) is -1.10. The second-order valence-electron chi connectivity index (χ2n) is 7.70. The number of amides is 1. The Labute approximate surface area is 200 Å². The molecule has 172 valence electrons. The van der Waals surface area contributed by atoms with E-state index in [-0.39, 0.29) is 24.2 Å². The van der Waals surface area contributed by atoms with Crippen molar-refractivity contribution >= 4 is 40.0 Å². The molecule has 0 saturated carbocycles. The summed E-state index contributed by atoms with van der Waals surface area (Å²) in [5, 5.41) is 13.4. The second kappa shape index (κ2) is 9.85. The highest BCUT2D eigenvalue weighted by Gasteiger charge is 2.23. The van der Waals surface area contributed by atoms with Gasteiger partial charge in [0.1, 0.15) is 0 Å². The summed E-state index contributed by atoms with van der Waals surface area (Å²) >= 11 is 1.64. The van der Waals surface area contributed by atoms with Gasteiger partial charge in [0.05, 0.1) is 34.8 Å². The van der Waals surface area contributed by atoms with Crippen LogP contribution in [0.4, 0.5) is 5.69 Å². The molecule has 9 heteroatoms. The fourth-order valence-electron chi connectivity index (χ4n) is 3.73. The first kappa shape index (κ1) is 23.1. The standard InChI is InChI=1S/C25H22N4O4S/c1-15-12-19(17(3)34-15)21-13-20(23-16(2)28-33-24(23)27-21)25(31)32-14-22(30)29(11-7-10-26)18-8-5-4-6-9-18/h4-6,8-9,12-13H,7,11,14H2,1-3H3. The number of hydrogen-bond acceptors (Lipinski definition) is 8. The van der Waals surface area contributed by atoms with Crippen molar-refractivity contribution in [1.29, 1.82) is 5.26 Å². The molecule has 1 aromatic carbocycles. The third kappa shape index (κ3) is 4.67. The van der Waals surface area contributed by atoms with Crippen LogP contribution < -0.4 is 4.90 Å². The molecule has 0 fully saturated rings. The Morgan fingerprint density at radius 1 is 1.18 bits per heavy atom. The lowest BCUT2D eigenvalue weighted by Crippen LogP contribution is -2.35. The molecular formula is C25H22N4O4S. The maximum absolute atomic E-state index is 13.1. The van der Waals surface area contributed by atoms with E-state index in [1.54, 1.807) is 48.6 Å². The number of rotatable bonds is 7. The van der Waals surface area contributed by atoms with Crippen LogP contribution in [0.1, 0.15) is 32.2 Å². The molecule has 1 amide bonds. The van der Waals surface area contributed by atoms with Crippen molar-refractivity contribution in [3.8, 4) is 17.3 Å². The molecule has 0 aliphatic carbocycles. The largest absolute Gasteiger partial charge is 0.452 e. The number of carbonyl (C=O) groups is 2. The number of aryl methyl sites for hydroxylation is 3. The van der Waals surface area contributed by atoms with Crippen molar-refractivity contribution in [2.45, 2.75) is 27.2 Å². The fraction of sp³-hybridized carbons (Fsp3) is 0.240. The number of thiophene rings is 1. The van der Waals surface area contributed by atoms with Crippen LogP contribution in [0.3, 0.4) is 0 Å². The summed E-state index contributed by atoms with van der Waals surface area (Å²) in [6, 6.07) is 14.7. The zero-order valence-electron chi connectivity index (χ0n) is 19.0. The number of esters is 1. The van der Waals surface area contributed by atoms with Gasteiger partial charge in [0.15, 0.2) is 6.61 Å². The van der Waals surface area contributed by atoms with Gasteiger partial charge < -0.3 is 14.2 Å². The average Bonchev–Trinajstić information content (AvgIpc) is 3.38. The maximum atomic E-state index is 13.1. The fourth-order valence-corrected chi connectivity index (χ4v) is 4.66. The predicted octanol–water partition coefficient (Wildman–Crippen LogP) is 4.98. The Kier molecular flexibility index (Phi) is 6.70. The van der Waals surface area contributed by atoms with E-state index < -0.39 is 18.5 Å². The Hall–Kier alpha value is -4.03. The highest BCUT2D eigenvalue weighted by Crippen LogP contribution is 2.33. The molecule has 4 aromatic rings. The van der Waals surface area contributed by atoms with E-state index in [0.717, 1.165) is 15.3 Å². The average molecular weight is 475 g/mol. The van der Waals surface area contributed by atoms with E-state index in [2.05, 4.69) is 10.1 Å². The predicted molar refractivity (Wildman–Crippen MR) is 129 cm³/mol. The van der Waals surface area contributed by atoms with E-state index in [0.29, 0.717) is 22.5 Å². The van der Waals surface area contributed by atoms with E-state index in [4.69, 9.17) is 14.5 Å². The smallest absolute Gasteiger partial charge is 0.339 e. The Morgan fingerprint density at radius 2 is 1.94 bits per heavy atom. The number of para-hydroxylation sites is 1. The molecular weight excluding hydrogens is 452 g/mol. The molecule has 3 aromatic heterocycles. The molecule has 0 unspecified atom stereocenters. The van der Waals surface area contributed by atoms with Gasteiger partial charge in [-0.1, -0.05) is 23.4 Å². The summed E-state index contributed by atoms with van der Waals surface area (Å²) in [7, 11) is 0. The Morgan fingerprint density at radius 3 is 2.62 bits per heavy atom. The highest BCUT2D eigenvalue weighted by molar-refractivity contribution is 7.12. The number of anilines is 1. The van der Waals surface area contributed by atoms with Crippen molar-refractivity contribution in [2.75, 3.05) is 18.1 Å². The number of nitrogens with zero attached hydrogens (tertiary/aromatic N) is 4. The molecule has 0 aliphatic heterocycles. The van der Waals surface area contributed by atoms with Crippen LogP contribution in [-0.4, -0.2) is 35.2 Å². The summed E-state index contributed by atoms with van der Waals surface area (Å²) < 4.78 is 10.8. The molecule has 0 atom stereocenters. The van der Waals surface area contributed by atoms with Gasteiger partial charge in [-0.15, -0.1) is 11.3 Å². The minimum absolute atomic E-state index is 0.155. The first-order chi connectivity index (χ1) is 16.4. The van der Waals surface area contributed by atoms with Crippen LogP contribution >= 0.6 is 11.3 Å². The molecule has 0 N–H and O–H groups in total. The lowest BCUT2D eigenvalue weighted by Gasteiger charge is -2.21. The topological polar surface area (TPSA) is 109 Å². The van der Waals surface area contributed by atoms with E-state index >= 15 is 0 Å².